The van der Waals surface area contributed by atoms with Crippen molar-refractivity contribution < 1.29 is 14.6 Å². The molecule has 24 heavy (non-hydrogen) atoms. The zero-order chi connectivity index (χ0) is 16.6. The van der Waals surface area contributed by atoms with E-state index in [1.807, 2.05) is 24.4 Å². The molecule has 2 fully saturated rings. The van der Waals surface area contributed by atoms with Crippen LogP contribution >= 0.6 is 11.3 Å². The molecular formula is C18H20N2O3S. The molecule has 0 amide bonds. The summed E-state index contributed by atoms with van der Waals surface area (Å²) in [5.74, 6) is -0.872. The minimum absolute atomic E-state index is 0.0306. The smallest absolute Gasteiger partial charge is 0.334 e. The van der Waals surface area contributed by atoms with Crippen LogP contribution in [0.5, 0.6) is 0 Å². The number of carboxylic acids is 1. The van der Waals surface area contributed by atoms with Gasteiger partial charge in [-0.1, -0.05) is 30.3 Å². The Hall–Kier alpha value is -1.76. The second kappa shape index (κ2) is 6.27. The summed E-state index contributed by atoms with van der Waals surface area (Å²) in [4.78, 5) is 19.3. The van der Waals surface area contributed by atoms with Gasteiger partial charge in [0, 0.05) is 35.3 Å². The van der Waals surface area contributed by atoms with E-state index in [4.69, 9.17) is 4.74 Å². The SMILES string of the molecule is O=C(O)C1CN(Cc2cnc(-c3ccccc3)s2)C2(CCC2)CO1. The molecule has 2 aliphatic rings. The summed E-state index contributed by atoms with van der Waals surface area (Å²) in [5.41, 5.74) is 1.15. The van der Waals surface area contributed by atoms with Crippen molar-refractivity contribution in [2.75, 3.05) is 13.2 Å². The third kappa shape index (κ3) is 2.85. The van der Waals surface area contributed by atoms with Gasteiger partial charge >= 0.3 is 5.97 Å². The van der Waals surface area contributed by atoms with E-state index in [-0.39, 0.29) is 5.54 Å². The molecule has 1 atom stereocenters. The number of carboxylic acid groups (broad SMARTS) is 1. The number of hydrogen-bond donors (Lipinski definition) is 1. The Balaban J connectivity index is 1.52. The fourth-order valence-electron chi connectivity index (χ4n) is 3.50. The summed E-state index contributed by atoms with van der Waals surface area (Å²) in [6.07, 6.45) is 4.56. The van der Waals surface area contributed by atoms with Gasteiger partial charge in [-0.3, -0.25) is 4.90 Å². The zero-order valence-electron chi connectivity index (χ0n) is 13.4. The number of benzene rings is 1. The molecule has 2 aromatic rings. The average Bonchev–Trinajstić information content (AvgIpc) is 3.02. The van der Waals surface area contributed by atoms with Crippen molar-refractivity contribution >= 4 is 17.3 Å². The van der Waals surface area contributed by atoms with Crippen molar-refractivity contribution in [2.45, 2.75) is 37.5 Å². The second-order valence-corrected chi connectivity index (χ2v) is 7.71. The number of morpholine rings is 1. The highest BCUT2D eigenvalue weighted by Crippen LogP contribution is 2.42. The largest absolute Gasteiger partial charge is 0.479 e. The first kappa shape index (κ1) is 15.7. The molecule has 1 unspecified atom stereocenters. The maximum Gasteiger partial charge on any atom is 0.334 e. The number of aromatic nitrogens is 1. The van der Waals surface area contributed by atoms with Crippen molar-refractivity contribution in [3.63, 3.8) is 0 Å². The van der Waals surface area contributed by atoms with Crippen LogP contribution in [0.15, 0.2) is 36.5 Å². The van der Waals surface area contributed by atoms with E-state index in [0.717, 1.165) is 30.0 Å². The van der Waals surface area contributed by atoms with Crippen LogP contribution < -0.4 is 0 Å². The Morgan fingerprint density at radius 3 is 2.83 bits per heavy atom. The van der Waals surface area contributed by atoms with Crippen LogP contribution in [-0.2, 0) is 16.1 Å². The lowest BCUT2D eigenvalue weighted by Gasteiger charge is -2.53. The fraction of sp³-hybridized carbons (Fsp3) is 0.444. The number of thiazole rings is 1. The van der Waals surface area contributed by atoms with E-state index in [1.54, 1.807) is 11.3 Å². The van der Waals surface area contributed by atoms with Crippen LogP contribution in [0.1, 0.15) is 24.1 Å². The highest BCUT2D eigenvalue weighted by Gasteiger charge is 2.48. The number of nitrogens with zero attached hydrogens (tertiary/aromatic N) is 2. The van der Waals surface area contributed by atoms with Gasteiger partial charge in [0.05, 0.1) is 6.61 Å². The number of hydrogen-bond acceptors (Lipinski definition) is 5. The highest BCUT2D eigenvalue weighted by atomic mass is 32.1. The molecule has 1 N–H and O–H groups in total. The first-order valence-electron chi connectivity index (χ1n) is 8.26. The van der Waals surface area contributed by atoms with Crippen LogP contribution in [0.25, 0.3) is 10.6 Å². The van der Waals surface area contributed by atoms with E-state index in [1.165, 1.54) is 11.3 Å². The predicted octanol–water partition coefficient (Wildman–Crippen LogP) is 3.02. The molecule has 2 heterocycles. The molecule has 1 aliphatic carbocycles. The minimum Gasteiger partial charge on any atom is -0.479 e. The molecule has 126 valence electrons. The molecule has 4 rings (SSSR count). The normalized spacial score (nSPS) is 23.1. The van der Waals surface area contributed by atoms with Crippen molar-refractivity contribution in [1.29, 1.82) is 0 Å². The van der Waals surface area contributed by atoms with E-state index < -0.39 is 12.1 Å². The Labute approximate surface area is 144 Å². The topological polar surface area (TPSA) is 62.7 Å². The highest BCUT2D eigenvalue weighted by molar-refractivity contribution is 7.15. The van der Waals surface area contributed by atoms with Gasteiger partial charge in [0.25, 0.3) is 0 Å². The quantitative estimate of drug-likeness (QED) is 0.924. The van der Waals surface area contributed by atoms with E-state index in [2.05, 4.69) is 22.0 Å². The molecule has 1 aromatic heterocycles. The summed E-state index contributed by atoms with van der Waals surface area (Å²) in [6, 6.07) is 10.1. The molecule has 5 nitrogen and oxygen atoms in total. The van der Waals surface area contributed by atoms with E-state index in [0.29, 0.717) is 13.2 Å². The predicted molar refractivity (Wildman–Crippen MR) is 91.9 cm³/mol. The van der Waals surface area contributed by atoms with E-state index >= 15 is 0 Å². The zero-order valence-corrected chi connectivity index (χ0v) is 14.2. The first-order chi connectivity index (χ1) is 11.7. The van der Waals surface area contributed by atoms with Gasteiger partial charge < -0.3 is 9.84 Å². The van der Waals surface area contributed by atoms with Crippen molar-refractivity contribution in [3.05, 3.63) is 41.4 Å². The summed E-state index contributed by atoms with van der Waals surface area (Å²) >= 11 is 1.68. The monoisotopic (exact) mass is 344 g/mol. The van der Waals surface area contributed by atoms with Gasteiger partial charge in [-0.25, -0.2) is 9.78 Å². The van der Waals surface area contributed by atoms with Gasteiger partial charge in [0.1, 0.15) is 5.01 Å². The molecule has 1 aliphatic heterocycles. The molecule has 1 spiro atoms. The van der Waals surface area contributed by atoms with Crippen LogP contribution in [0.3, 0.4) is 0 Å². The van der Waals surface area contributed by atoms with Crippen molar-refractivity contribution in [2.24, 2.45) is 0 Å². The number of aliphatic carboxylic acids is 1. The summed E-state index contributed by atoms with van der Waals surface area (Å²) in [7, 11) is 0. The van der Waals surface area contributed by atoms with Gasteiger partial charge in [-0.2, -0.15) is 0 Å². The lowest BCUT2D eigenvalue weighted by atomic mass is 9.75. The second-order valence-electron chi connectivity index (χ2n) is 6.59. The molecule has 0 bridgehead atoms. The number of carbonyl (C=O) groups is 1. The van der Waals surface area contributed by atoms with Crippen molar-refractivity contribution in [1.82, 2.24) is 9.88 Å². The Bertz CT molecular complexity index is 727. The van der Waals surface area contributed by atoms with Crippen LogP contribution in [-0.4, -0.2) is 45.8 Å². The number of ether oxygens (including phenoxy) is 1. The van der Waals surface area contributed by atoms with Crippen LogP contribution in [0, 0.1) is 0 Å². The molecule has 1 saturated carbocycles. The van der Waals surface area contributed by atoms with Crippen LogP contribution in [0.4, 0.5) is 0 Å². The standard InChI is InChI=1S/C18H20N2O3S/c21-17(22)15-11-20(18(12-23-15)7-4-8-18)10-14-9-19-16(24-14)13-5-2-1-3-6-13/h1-3,5-6,9,15H,4,7-8,10-12H2,(H,21,22). The van der Waals surface area contributed by atoms with Gasteiger partial charge in [0.15, 0.2) is 6.10 Å². The van der Waals surface area contributed by atoms with Gasteiger partial charge in [-0.05, 0) is 19.3 Å². The minimum atomic E-state index is -0.872. The summed E-state index contributed by atoms with van der Waals surface area (Å²) < 4.78 is 5.59. The Morgan fingerprint density at radius 2 is 2.17 bits per heavy atom. The summed E-state index contributed by atoms with van der Waals surface area (Å²) in [5, 5.41) is 10.3. The fourth-order valence-corrected chi connectivity index (χ4v) is 4.44. The lowest BCUT2D eigenvalue weighted by Crippen LogP contribution is -2.63. The first-order valence-corrected chi connectivity index (χ1v) is 9.08. The third-order valence-electron chi connectivity index (χ3n) is 5.09. The molecule has 1 saturated heterocycles. The Morgan fingerprint density at radius 1 is 1.38 bits per heavy atom. The Kier molecular flexibility index (Phi) is 4.12. The van der Waals surface area contributed by atoms with Gasteiger partial charge in [-0.15, -0.1) is 11.3 Å². The molecular weight excluding hydrogens is 324 g/mol. The van der Waals surface area contributed by atoms with Gasteiger partial charge in [0.2, 0.25) is 0 Å². The lowest BCUT2D eigenvalue weighted by molar-refractivity contribution is -0.178. The maximum atomic E-state index is 11.3. The molecule has 1 aromatic carbocycles. The van der Waals surface area contributed by atoms with Crippen LogP contribution in [0.2, 0.25) is 0 Å². The van der Waals surface area contributed by atoms with Crippen molar-refractivity contribution in [3.8, 4) is 10.6 Å². The number of rotatable bonds is 4. The summed E-state index contributed by atoms with van der Waals surface area (Å²) in [6.45, 7) is 1.72. The van der Waals surface area contributed by atoms with E-state index in [9.17, 15) is 9.90 Å². The average molecular weight is 344 g/mol. The maximum absolute atomic E-state index is 11.3. The molecule has 0 radical (unpaired) electrons. The molecule has 6 heteroatoms. The third-order valence-corrected chi connectivity index (χ3v) is 6.12.